The lowest BCUT2D eigenvalue weighted by molar-refractivity contribution is -0.0342. The normalized spacial score (nSPS) is 16.7. The fourth-order valence-corrected chi connectivity index (χ4v) is 3.46. The number of amides is 1. The first-order valence-electron chi connectivity index (χ1n) is 10.3. The topological polar surface area (TPSA) is 60.9 Å². The molecule has 1 atom stereocenters. The maximum Gasteiger partial charge on any atom is 0.413 e. The highest BCUT2D eigenvalue weighted by Gasteiger charge is 2.31. The van der Waals surface area contributed by atoms with E-state index in [1.807, 2.05) is 20.8 Å². The smallest absolute Gasteiger partial charge is 0.413 e. The quantitative estimate of drug-likeness (QED) is 0.547. The number of nitrogens with zero attached hydrogens (tertiary/aromatic N) is 2. The van der Waals surface area contributed by atoms with E-state index in [1.54, 1.807) is 35.4 Å². The van der Waals surface area contributed by atoms with Crippen molar-refractivity contribution in [3.8, 4) is 11.5 Å². The summed E-state index contributed by atoms with van der Waals surface area (Å²) in [6, 6.07) is 8.32. The molecular formula is C23H28ClFN2O4. The molecule has 1 amide bonds. The SMILES string of the molecule is CC(C)(C)OC(=O)N1CCCCC1Oc1ccnc(COc2ccc(Cl)cc2CF)c1. The molecule has 1 saturated heterocycles. The number of aromatic nitrogens is 1. The molecule has 2 heterocycles. The van der Waals surface area contributed by atoms with E-state index in [0.717, 1.165) is 19.3 Å². The second kappa shape index (κ2) is 10.2. The maximum atomic E-state index is 13.2. The lowest BCUT2D eigenvalue weighted by atomic mass is 10.1. The van der Waals surface area contributed by atoms with Gasteiger partial charge in [-0.2, -0.15) is 0 Å². The molecule has 1 aromatic carbocycles. The van der Waals surface area contributed by atoms with E-state index in [4.69, 9.17) is 25.8 Å². The Morgan fingerprint density at radius 3 is 2.81 bits per heavy atom. The highest BCUT2D eigenvalue weighted by molar-refractivity contribution is 6.30. The monoisotopic (exact) mass is 450 g/mol. The molecule has 0 radical (unpaired) electrons. The first-order chi connectivity index (χ1) is 14.7. The third kappa shape index (κ3) is 6.72. The number of halogens is 2. The second-order valence-electron chi connectivity index (χ2n) is 8.40. The minimum Gasteiger partial charge on any atom is -0.487 e. The van der Waals surface area contributed by atoms with Crippen LogP contribution in [0.15, 0.2) is 36.5 Å². The van der Waals surface area contributed by atoms with Crippen molar-refractivity contribution < 1.29 is 23.4 Å². The Morgan fingerprint density at radius 1 is 1.26 bits per heavy atom. The summed E-state index contributed by atoms with van der Waals surface area (Å²) in [5.41, 5.74) is 0.437. The zero-order chi connectivity index (χ0) is 22.4. The van der Waals surface area contributed by atoms with Gasteiger partial charge in [-0.15, -0.1) is 0 Å². The average Bonchev–Trinajstić information content (AvgIpc) is 2.72. The van der Waals surface area contributed by atoms with Gasteiger partial charge >= 0.3 is 6.09 Å². The number of carbonyl (C=O) groups excluding carboxylic acids is 1. The summed E-state index contributed by atoms with van der Waals surface area (Å²) in [5.74, 6) is 0.999. The molecule has 6 nitrogen and oxygen atoms in total. The number of hydrogen-bond donors (Lipinski definition) is 0. The van der Waals surface area contributed by atoms with Crippen LogP contribution in [0.3, 0.4) is 0 Å². The van der Waals surface area contributed by atoms with Crippen molar-refractivity contribution >= 4 is 17.7 Å². The van der Waals surface area contributed by atoms with Crippen molar-refractivity contribution in [3.05, 3.63) is 52.8 Å². The predicted octanol–water partition coefficient (Wildman–Crippen LogP) is 5.91. The summed E-state index contributed by atoms with van der Waals surface area (Å²) >= 11 is 5.91. The third-order valence-corrected chi connectivity index (χ3v) is 4.91. The predicted molar refractivity (Wildman–Crippen MR) is 116 cm³/mol. The fraction of sp³-hybridized carbons (Fsp3) is 0.478. The van der Waals surface area contributed by atoms with Crippen LogP contribution in [0.2, 0.25) is 5.02 Å². The molecule has 1 unspecified atom stereocenters. The van der Waals surface area contributed by atoms with Gasteiger partial charge in [-0.25, -0.2) is 9.18 Å². The van der Waals surface area contributed by atoms with Gasteiger partial charge in [-0.1, -0.05) is 11.6 Å². The Kier molecular flexibility index (Phi) is 7.59. The summed E-state index contributed by atoms with van der Waals surface area (Å²) < 4.78 is 30.6. The average molecular weight is 451 g/mol. The molecule has 2 aromatic rings. The molecule has 0 N–H and O–H groups in total. The van der Waals surface area contributed by atoms with E-state index in [2.05, 4.69) is 4.98 Å². The van der Waals surface area contributed by atoms with Crippen LogP contribution in [0.1, 0.15) is 51.3 Å². The first kappa shape index (κ1) is 23.1. The van der Waals surface area contributed by atoms with Crippen molar-refractivity contribution in [2.45, 2.75) is 65.1 Å². The third-order valence-electron chi connectivity index (χ3n) is 4.68. The van der Waals surface area contributed by atoms with Gasteiger partial charge in [0.25, 0.3) is 0 Å². The standard InChI is InChI=1S/C23H28ClFN2O4/c1-23(2,3)31-22(28)27-11-5-4-6-21(27)30-19-9-10-26-18(13-19)15-29-20-8-7-17(24)12-16(20)14-25/h7-10,12-13,21H,4-6,11,14-15H2,1-3H3. The number of ether oxygens (including phenoxy) is 3. The Balaban J connectivity index is 1.66. The lowest BCUT2D eigenvalue weighted by Gasteiger charge is -2.36. The summed E-state index contributed by atoms with van der Waals surface area (Å²) in [7, 11) is 0. The van der Waals surface area contributed by atoms with Gasteiger partial charge in [0.2, 0.25) is 0 Å². The molecule has 1 aromatic heterocycles. The van der Waals surface area contributed by atoms with Crippen molar-refractivity contribution in [2.24, 2.45) is 0 Å². The molecule has 0 aliphatic carbocycles. The molecule has 3 rings (SSSR count). The number of piperidine rings is 1. The van der Waals surface area contributed by atoms with Crippen LogP contribution in [0.25, 0.3) is 0 Å². The first-order valence-corrected chi connectivity index (χ1v) is 10.7. The lowest BCUT2D eigenvalue weighted by Crippen LogP contribution is -2.48. The maximum absolute atomic E-state index is 13.2. The van der Waals surface area contributed by atoms with Crippen molar-refractivity contribution in [1.29, 1.82) is 0 Å². The highest BCUT2D eigenvalue weighted by Crippen LogP contribution is 2.26. The van der Waals surface area contributed by atoms with E-state index in [0.29, 0.717) is 34.3 Å². The van der Waals surface area contributed by atoms with Gasteiger partial charge in [0.1, 0.15) is 30.4 Å². The zero-order valence-corrected chi connectivity index (χ0v) is 18.8. The molecule has 1 aliphatic rings. The fourth-order valence-electron chi connectivity index (χ4n) is 3.26. The minimum absolute atomic E-state index is 0.145. The summed E-state index contributed by atoms with van der Waals surface area (Å²) in [6.45, 7) is 5.59. The van der Waals surface area contributed by atoms with Gasteiger partial charge in [0.05, 0.1) is 5.69 Å². The zero-order valence-electron chi connectivity index (χ0n) is 18.1. The second-order valence-corrected chi connectivity index (χ2v) is 8.84. The Hall–Kier alpha value is -2.54. The number of alkyl halides is 1. The van der Waals surface area contributed by atoms with Crippen LogP contribution in [-0.4, -0.2) is 34.4 Å². The molecule has 31 heavy (non-hydrogen) atoms. The van der Waals surface area contributed by atoms with E-state index >= 15 is 0 Å². The van der Waals surface area contributed by atoms with Crippen LogP contribution >= 0.6 is 11.6 Å². The molecule has 1 fully saturated rings. The number of likely N-dealkylation sites (tertiary alicyclic amines) is 1. The van der Waals surface area contributed by atoms with E-state index in [9.17, 15) is 9.18 Å². The van der Waals surface area contributed by atoms with Crippen molar-refractivity contribution in [2.75, 3.05) is 6.54 Å². The summed E-state index contributed by atoms with van der Waals surface area (Å²) in [6.07, 6.45) is 3.43. The molecule has 168 valence electrons. The van der Waals surface area contributed by atoms with Crippen LogP contribution in [0.4, 0.5) is 9.18 Å². The summed E-state index contributed by atoms with van der Waals surface area (Å²) in [5, 5.41) is 0.454. The number of carbonyl (C=O) groups is 1. The van der Waals surface area contributed by atoms with Gasteiger partial charge in [-0.05, 0) is 57.9 Å². The molecule has 1 aliphatic heterocycles. The molecule has 0 saturated carbocycles. The van der Waals surface area contributed by atoms with Gasteiger partial charge in [-0.3, -0.25) is 9.88 Å². The molecule has 8 heteroatoms. The Labute approximate surface area is 187 Å². The Bertz CT molecular complexity index is 903. The number of pyridine rings is 1. The van der Waals surface area contributed by atoms with Crippen molar-refractivity contribution in [1.82, 2.24) is 9.88 Å². The summed E-state index contributed by atoms with van der Waals surface area (Å²) in [4.78, 5) is 18.5. The van der Waals surface area contributed by atoms with E-state index < -0.39 is 18.5 Å². The number of hydrogen-bond acceptors (Lipinski definition) is 5. The minimum atomic E-state index is -0.672. The molecular weight excluding hydrogens is 423 g/mol. The number of benzene rings is 1. The van der Waals surface area contributed by atoms with Gasteiger partial charge in [0.15, 0.2) is 6.23 Å². The van der Waals surface area contributed by atoms with Crippen LogP contribution in [0, 0.1) is 0 Å². The van der Waals surface area contributed by atoms with Gasteiger partial charge < -0.3 is 14.2 Å². The van der Waals surface area contributed by atoms with Crippen LogP contribution in [-0.2, 0) is 18.0 Å². The molecule has 0 bridgehead atoms. The van der Waals surface area contributed by atoms with Crippen LogP contribution < -0.4 is 9.47 Å². The highest BCUT2D eigenvalue weighted by atomic mass is 35.5. The largest absolute Gasteiger partial charge is 0.487 e. The van der Waals surface area contributed by atoms with Crippen LogP contribution in [0.5, 0.6) is 11.5 Å². The van der Waals surface area contributed by atoms with E-state index in [-0.39, 0.29) is 12.7 Å². The molecule has 0 spiro atoms. The van der Waals surface area contributed by atoms with Gasteiger partial charge in [0, 0.05) is 35.8 Å². The van der Waals surface area contributed by atoms with E-state index in [1.165, 1.54) is 6.07 Å². The number of rotatable bonds is 6. The van der Waals surface area contributed by atoms with Crippen molar-refractivity contribution in [3.63, 3.8) is 0 Å². The Morgan fingerprint density at radius 2 is 2.06 bits per heavy atom.